The molecule has 80 valence electrons. The lowest BCUT2D eigenvalue weighted by Crippen LogP contribution is -2.28. The molecule has 0 aliphatic heterocycles. The number of ether oxygens (including phenoxy) is 1. The quantitative estimate of drug-likeness (QED) is 0.761. The van der Waals surface area contributed by atoms with Gasteiger partial charge in [0, 0.05) is 12.0 Å². The molecule has 0 fully saturated rings. The highest BCUT2D eigenvalue weighted by atomic mass is 16.5. The number of benzene rings is 1. The average molecular weight is 203 g/mol. The SMILES string of the molecule is NC1CC=CC1COCc1ccccc1. The average Bonchev–Trinajstić information content (AvgIpc) is 2.66. The molecule has 0 aromatic heterocycles. The Balaban J connectivity index is 1.73. The highest BCUT2D eigenvalue weighted by Gasteiger charge is 2.18. The van der Waals surface area contributed by atoms with Crippen molar-refractivity contribution in [2.24, 2.45) is 11.7 Å². The van der Waals surface area contributed by atoms with Crippen molar-refractivity contribution in [1.29, 1.82) is 0 Å². The van der Waals surface area contributed by atoms with Crippen LogP contribution in [-0.4, -0.2) is 12.6 Å². The topological polar surface area (TPSA) is 35.2 Å². The number of rotatable bonds is 4. The second-order valence-corrected chi connectivity index (χ2v) is 3.99. The van der Waals surface area contributed by atoms with Gasteiger partial charge in [-0.3, -0.25) is 0 Å². The van der Waals surface area contributed by atoms with Gasteiger partial charge < -0.3 is 10.5 Å². The van der Waals surface area contributed by atoms with Gasteiger partial charge in [0.1, 0.15) is 0 Å². The van der Waals surface area contributed by atoms with Crippen LogP contribution in [0.2, 0.25) is 0 Å². The lowest BCUT2D eigenvalue weighted by atomic mass is 10.1. The van der Waals surface area contributed by atoms with Crippen LogP contribution in [0.5, 0.6) is 0 Å². The summed E-state index contributed by atoms with van der Waals surface area (Å²) in [7, 11) is 0. The van der Waals surface area contributed by atoms with Gasteiger partial charge in [-0.25, -0.2) is 0 Å². The van der Waals surface area contributed by atoms with Crippen molar-refractivity contribution in [3.8, 4) is 0 Å². The Morgan fingerprint density at radius 2 is 2.07 bits per heavy atom. The Kier molecular flexibility index (Phi) is 3.54. The Morgan fingerprint density at radius 3 is 2.73 bits per heavy atom. The molecule has 0 saturated carbocycles. The summed E-state index contributed by atoms with van der Waals surface area (Å²) in [6.07, 6.45) is 5.29. The summed E-state index contributed by atoms with van der Waals surface area (Å²) in [5.41, 5.74) is 7.13. The van der Waals surface area contributed by atoms with E-state index in [2.05, 4.69) is 24.3 Å². The summed E-state index contributed by atoms with van der Waals surface area (Å²) >= 11 is 0. The smallest absolute Gasteiger partial charge is 0.0717 e. The zero-order chi connectivity index (χ0) is 10.5. The second-order valence-electron chi connectivity index (χ2n) is 3.99. The second kappa shape index (κ2) is 5.10. The maximum Gasteiger partial charge on any atom is 0.0717 e. The van der Waals surface area contributed by atoms with Crippen molar-refractivity contribution < 1.29 is 4.74 Å². The molecule has 15 heavy (non-hydrogen) atoms. The van der Waals surface area contributed by atoms with Crippen LogP contribution in [0.1, 0.15) is 12.0 Å². The molecule has 0 spiro atoms. The third-order valence-electron chi connectivity index (χ3n) is 2.76. The Morgan fingerprint density at radius 1 is 1.27 bits per heavy atom. The standard InChI is InChI=1S/C13H17NO/c14-13-8-4-7-12(13)10-15-9-11-5-2-1-3-6-11/h1-7,12-13H,8-10,14H2. The van der Waals surface area contributed by atoms with Crippen LogP contribution in [0, 0.1) is 5.92 Å². The third kappa shape index (κ3) is 2.91. The fourth-order valence-corrected chi connectivity index (χ4v) is 1.79. The summed E-state index contributed by atoms with van der Waals surface area (Å²) < 4.78 is 5.64. The van der Waals surface area contributed by atoms with E-state index in [1.165, 1.54) is 5.56 Å². The minimum atomic E-state index is 0.251. The number of nitrogens with two attached hydrogens (primary N) is 1. The van der Waals surface area contributed by atoms with E-state index in [0.717, 1.165) is 13.0 Å². The predicted octanol–water partition coefficient (Wildman–Crippen LogP) is 2.11. The van der Waals surface area contributed by atoms with Crippen LogP contribution in [0.15, 0.2) is 42.5 Å². The van der Waals surface area contributed by atoms with Crippen molar-refractivity contribution in [3.63, 3.8) is 0 Å². The van der Waals surface area contributed by atoms with Crippen LogP contribution in [-0.2, 0) is 11.3 Å². The first kappa shape index (κ1) is 10.4. The first-order chi connectivity index (χ1) is 7.36. The molecule has 0 bridgehead atoms. The monoisotopic (exact) mass is 203 g/mol. The lowest BCUT2D eigenvalue weighted by molar-refractivity contribution is 0.0951. The maximum atomic E-state index is 5.92. The van der Waals surface area contributed by atoms with Crippen molar-refractivity contribution in [1.82, 2.24) is 0 Å². The minimum absolute atomic E-state index is 0.251. The van der Waals surface area contributed by atoms with Crippen LogP contribution >= 0.6 is 0 Å². The van der Waals surface area contributed by atoms with Gasteiger partial charge in [0.2, 0.25) is 0 Å². The molecule has 1 aromatic rings. The Hall–Kier alpha value is -1.12. The molecule has 1 aromatic carbocycles. The first-order valence-electron chi connectivity index (χ1n) is 5.40. The molecule has 2 atom stereocenters. The fraction of sp³-hybridized carbons (Fsp3) is 0.385. The summed E-state index contributed by atoms with van der Waals surface area (Å²) in [5, 5.41) is 0. The van der Waals surface area contributed by atoms with E-state index in [1.807, 2.05) is 18.2 Å². The molecule has 0 radical (unpaired) electrons. The van der Waals surface area contributed by atoms with Gasteiger partial charge in [0.25, 0.3) is 0 Å². The largest absolute Gasteiger partial charge is 0.376 e. The van der Waals surface area contributed by atoms with Crippen LogP contribution in [0.25, 0.3) is 0 Å². The van der Waals surface area contributed by atoms with E-state index in [9.17, 15) is 0 Å². The Bertz CT molecular complexity index is 321. The van der Waals surface area contributed by atoms with E-state index >= 15 is 0 Å². The van der Waals surface area contributed by atoms with Gasteiger partial charge in [-0.1, -0.05) is 42.5 Å². The molecule has 0 saturated heterocycles. The van der Waals surface area contributed by atoms with Crippen molar-refractivity contribution in [2.75, 3.05) is 6.61 Å². The zero-order valence-electron chi connectivity index (χ0n) is 8.80. The third-order valence-corrected chi connectivity index (χ3v) is 2.76. The molecule has 2 nitrogen and oxygen atoms in total. The Labute approximate surface area is 90.7 Å². The van der Waals surface area contributed by atoms with Crippen LogP contribution in [0.4, 0.5) is 0 Å². The minimum Gasteiger partial charge on any atom is -0.376 e. The number of hydrogen-bond donors (Lipinski definition) is 1. The maximum absolute atomic E-state index is 5.92. The van der Waals surface area contributed by atoms with E-state index in [4.69, 9.17) is 10.5 Å². The molecule has 2 rings (SSSR count). The molecule has 0 heterocycles. The van der Waals surface area contributed by atoms with Gasteiger partial charge >= 0.3 is 0 Å². The van der Waals surface area contributed by atoms with Crippen LogP contribution < -0.4 is 5.73 Å². The van der Waals surface area contributed by atoms with E-state index < -0.39 is 0 Å². The fourth-order valence-electron chi connectivity index (χ4n) is 1.79. The number of hydrogen-bond acceptors (Lipinski definition) is 2. The summed E-state index contributed by atoms with van der Waals surface area (Å²) in [5.74, 6) is 0.397. The predicted molar refractivity (Wildman–Crippen MR) is 61.3 cm³/mol. The first-order valence-corrected chi connectivity index (χ1v) is 5.40. The van der Waals surface area contributed by atoms with Crippen molar-refractivity contribution in [2.45, 2.75) is 19.1 Å². The van der Waals surface area contributed by atoms with E-state index in [1.54, 1.807) is 0 Å². The summed E-state index contributed by atoms with van der Waals surface area (Å²) in [6.45, 7) is 1.41. The van der Waals surface area contributed by atoms with E-state index in [-0.39, 0.29) is 6.04 Å². The highest BCUT2D eigenvalue weighted by molar-refractivity contribution is 5.13. The molecule has 2 heteroatoms. The van der Waals surface area contributed by atoms with E-state index in [0.29, 0.717) is 12.5 Å². The molecule has 0 amide bonds. The van der Waals surface area contributed by atoms with Gasteiger partial charge in [-0.2, -0.15) is 0 Å². The summed E-state index contributed by atoms with van der Waals surface area (Å²) in [6, 6.07) is 10.5. The van der Waals surface area contributed by atoms with Crippen molar-refractivity contribution in [3.05, 3.63) is 48.0 Å². The molecular formula is C13H17NO. The molecule has 2 N–H and O–H groups in total. The van der Waals surface area contributed by atoms with Gasteiger partial charge in [-0.15, -0.1) is 0 Å². The summed E-state index contributed by atoms with van der Waals surface area (Å²) in [4.78, 5) is 0. The normalized spacial score (nSPS) is 24.6. The van der Waals surface area contributed by atoms with Gasteiger partial charge in [0.15, 0.2) is 0 Å². The molecule has 2 unspecified atom stereocenters. The van der Waals surface area contributed by atoms with Gasteiger partial charge in [0.05, 0.1) is 13.2 Å². The lowest BCUT2D eigenvalue weighted by Gasteiger charge is -2.14. The van der Waals surface area contributed by atoms with Crippen LogP contribution in [0.3, 0.4) is 0 Å². The molecular weight excluding hydrogens is 186 g/mol. The molecule has 1 aliphatic carbocycles. The molecule has 1 aliphatic rings. The zero-order valence-corrected chi connectivity index (χ0v) is 8.80. The highest BCUT2D eigenvalue weighted by Crippen LogP contribution is 2.16. The van der Waals surface area contributed by atoms with Crippen molar-refractivity contribution >= 4 is 0 Å². The van der Waals surface area contributed by atoms with Gasteiger partial charge in [-0.05, 0) is 12.0 Å².